The highest BCUT2D eigenvalue weighted by atomic mass is 31.2. The van der Waals surface area contributed by atoms with Gasteiger partial charge in [-0.25, -0.2) is 0 Å². The standard InChI is InChI=1S/C34H57O18P3/c1-17(2)9-31-10-41-24(20(6)46-31)28(31)50-54(37,38)15-33-12-43-26(22(8)48-33)30(33)52-55(39,40)16-34-13-44-25(21(7)49-34)29(34)51-53(35,36)14-32-11-42-23(19(5)47-32)27(32)45-18(3)4/h17-30H,9-16H2,1-8H3,(H,35,36)(H,37,38)(H,39,40)/t19-,20-,21-,22-,23+,24+,25+,26+,27?,28?,29?,30?,31-,32+,33+,34+/m0/s1. The fraction of sp³-hybridized carbons (Fsp3) is 1.00. The van der Waals surface area contributed by atoms with Crippen LogP contribution in [0.5, 0.6) is 0 Å². The predicted molar refractivity (Wildman–Crippen MR) is 190 cm³/mol. The van der Waals surface area contributed by atoms with E-state index < -0.39 is 125 Å². The van der Waals surface area contributed by atoms with Crippen molar-refractivity contribution in [3.05, 3.63) is 0 Å². The van der Waals surface area contributed by atoms with Crippen LogP contribution in [0.25, 0.3) is 0 Å². The average molecular weight is 847 g/mol. The van der Waals surface area contributed by atoms with Crippen LogP contribution in [0.2, 0.25) is 0 Å². The molecule has 8 aliphatic rings. The fourth-order valence-corrected chi connectivity index (χ4v) is 15.9. The first-order valence-electron chi connectivity index (χ1n) is 19.4. The Labute approximate surface area is 321 Å². The van der Waals surface area contributed by atoms with Crippen molar-refractivity contribution in [2.45, 2.75) is 164 Å². The molecule has 8 aliphatic heterocycles. The molecule has 0 radical (unpaired) electrons. The minimum Gasteiger partial charge on any atom is -0.370 e. The van der Waals surface area contributed by atoms with Crippen LogP contribution in [0.4, 0.5) is 0 Å². The molecule has 19 atom stereocenters. The first-order chi connectivity index (χ1) is 25.5. The van der Waals surface area contributed by atoms with Gasteiger partial charge in [-0.2, -0.15) is 0 Å². The lowest BCUT2D eigenvalue weighted by Crippen LogP contribution is -2.49. The molecule has 8 rings (SSSR count). The smallest absolute Gasteiger partial charge is 0.331 e. The van der Waals surface area contributed by atoms with Crippen molar-refractivity contribution < 1.29 is 84.6 Å². The highest BCUT2D eigenvalue weighted by molar-refractivity contribution is 7.53. The summed E-state index contributed by atoms with van der Waals surface area (Å²) < 4.78 is 115. The lowest BCUT2D eigenvalue weighted by atomic mass is 9.89. The second-order valence-electron chi connectivity index (χ2n) is 17.8. The average Bonchev–Trinajstić information content (AvgIpc) is 3.88. The molecule has 3 N–H and O–H groups in total. The lowest BCUT2D eigenvalue weighted by Gasteiger charge is -2.36. The Bertz CT molecular complexity index is 1630. The predicted octanol–water partition coefficient (Wildman–Crippen LogP) is 2.76. The Morgan fingerprint density at radius 3 is 1.15 bits per heavy atom. The van der Waals surface area contributed by atoms with E-state index in [-0.39, 0.29) is 50.7 Å². The van der Waals surface area contributed by atoms with Crippen LogP contribution >= 0.6 is 22.8 Å². The first-order valence-corrected chi connectivity index (χ1v) is 24.6. The van der Waals surface area contributed by atoms with Crippen LogP contribution in [-0.4, -0.2) is 161 Å². The van der Waals surface area contributed by atoms with Gasteiger partial charge in [0.25, 0.3) is 0 Å². The van der Waals surface area contributed by atoms with Crippen molar-refractivity contribution in [3.63, 3.8) is 0 Å². The van der Waals surface area contributed by atoms with E-state index >= 15 is 0 Å². The first kappa shape index (κ1) is 41.8. The molecule has 8 saturated heterocycles. The molecule has 0 aromatic carbocycles. The zero-order valence-electron chi connectivity index (χ0n) is 32.5. The van der Waals surface area contributed by atoms with Crippen LogP contribution in [0, 0.1) is 5.92 Å². The summed E-state index contributed by atoms with van der Waals surface area (Å²) in [5.41, 5.74) is -5.38. The molecule has 0 spiro atoms. The van der Waals surface area contributed by atoms with Crippen molar-refractivity contribution in [2.75, 3.05) is 44.9 Å². The molecule has 7 unspecified atom stereocenters. The molecule has 8 fully saturated rings. The van der Waals surface area contributed by atoms with Crippen LogP contribution < -0.4 is 0 Å². The number of ether oxygens (including phenoxy) is 9. The number of hydrogen-bond donors (Lipinski definition) is 3. The number of hydrogen-bond acceptors (Lipinski definition) is 15. The van der Waals surface area contributed by atoms with Crippen molar-refractivity contribution in [1.82, 2.24) is 0 Å². The van der Waals surface area contributed by atoms with E-state index in [9.17, 15) is 28.4 Å². The Hall–Kier alpha value is 0.0900. The summed E-state index contributed by atoms with van der Waals surface area (Å²) in [7, 11) is -13.8. The van der Waals surface area contributed by atoms with E-state index in [0.717, 1.165) is 0 Å². The third kappa shape index (κ3) is 7.27. The van der Waals surface area contributed by atoms with E-state index in [4.69, 9.17) is 56.2 Å². The molecule has 55 heavy (non-hydrogen) atoms. The molecule has 0 aromatic heterocycles. The largest absolute Gasteiger partial charge is 0.370 e. The van der Waals surface area contributed by atoms with Crippen LogP contribution in [0.1, 0.15) is 61.8 Å². The summed E-state index contributed by atoms with van der Waals surface area (Å²) in [6.07, 6.45) is -9.88. The summed E-state index contributed by atoms with van der Waals surface area (Å²) in [5.74, 6) is 0.197. The van der Waals surface area contributed by atoms with Crippen molar-refractivity contribution in [1.29, 1.82) is 0 Å². The topological polar surface area (TPSA) is 223 Å². The molecule has 0 aromatic rings. The maximum absolute atomic E-state index is 14.2. The van der Waals surface area contributed by atoms with Gasteiger partial charge in [0.1, 0.15) is 71.2 Å². The second-order valence-corrected chi connectivity index (χ2v) is 23.2. The normalized spacial score (nSPS) is 51.4. The molecule has 0 aliphatic carbocycles. The molecular weight excluding hydrogens is 789 g/mol. The minimum absolute atomic E-state index is 0.0367. The summed E-state index contributed by atoms with van der Waals surface area (Å²) >= 11 is 0. The van der Waals surface area contributed by atoms with Gasteiger partial charge in [-0.15, -0.1) is 0 Å². The maximum Gasteiger partial charge on any atom is 0.331 e. The van der Waals surface area contributed by atoms with E-state index in [1.165, 1.54) is 0 Å². The van der Waals surface area contributed by atoms with E-state index in [1.807, 2.05) is 41.5 Å². The highest BCUT2D eigenvalue weighted by Gasteiger charge is 2.70. The van der Waals surface area contributed by atoms with Gasteiger partial charge in [-0.05, 0) is 53.9 Å². The van der Waals surface area contributed by atoms with E-state index in [0.29, 0.717) is 6.42 Å². The van der Waals surface area contributed by atoms with Crippen molar-refractivity contribution >= 4 is 22.8 Å². The van der Waals surface area contributed by atoms with Gasteiger partial charge < -0.3 is 57.3 Å². The van der Waals surface area contributed by atoms with Crippen LogP contribution in [-0.2, 0) is 69.9 Å². The molecule has 8 heterocycles. The molecule has 0 amide bonds. The van der Waals surface area contributed by atoms with Gasteiger partial charge in [0.2, 0.25) is 0 Å². The van der Waals surface area contributed by atoms with Gasteiger partial charge >= 0.3 is 22.8 Å². The zero-order valence-corrected chi connectivity index (χ0v) is 35.2. The third-order valence-corrected chi connectivity index (χ3v) is 16.8. The molecular formula is C34H57O18P3. The summed E-state index contributed by atoms with van der Waals surface area (Å²) in [5, 5.41) is 0. The molecule has 8 bridgehead atoms. The van der Waals surface area contributed by atoms with Crippen LogP contribution in [0.3, 0.4) is 0 Å². The Balaban J connectivity index is 0.978. The molecule has 0 saturated carbocycles. The Kier molecular flexibility index (Phi) is 10.7. The van der Waals surface area contributed by atoms with E-state index in [1.54, 1.807) is 13.8 Å². The van der Waals surface area contributed by atoms with Gasteiger partial charge in [0.15, 0.2) is 0 Å². The highest BCUT2D eigenvalue weighted by Crippen LogP contribution is 2.63. The van der Waals surface area contributed by atoms with Crippen molar-refractivity contribution in [3.8, 4) is 0 Å². The van der Waals surface area contributed by atoms with Gasteiger partial charge in [-0.1, -0.05) is 13.8 Å². The summed E-state index contributed by atoms with van der Waals surface area (Å²) in [4.78, 5) is 34.4. The van der Waals surface area contributed by atoms with Crippen LogP contribution in [0.15, 0.2) is 0 Å². The monoisotopic (exact) mass is 846 g/mol. The van der Waals surface area contributed by atoms with E-state index in [2.05, 4.69) is 0 Å². The minimum atomic E-state index is -4.73. The number of fused-ring (bicyclic) bond motifs is 8. The van der Waals surface area contributed by atoms with Gasteiger partial charge in [0, 0.05) is 0 Å². The fourth-order valence-electron chi connectivity index (χ4n) is 10.6. The second kappa shape index (κ2) is 14.1. The zero-order chi connectivity index (χ0) is 39.7. The maximum atomic E-state index is 14.2. The molecule has 21 heteroatoms. The summed E-state index contributed by atoms with van der Waals surface area (Å²) in [6, 6.07) is 0. The lowest BCUT2D eigenvalue weighted by molar-refractivity contribution is -0.145. The number of rotatable bonds is 16. The van der Waals surface area contributed by atoms with Gasteiger partial charge in [0.05, 0.1) is 75.4 Å². The summed E-state index contributed by atoms with van der Waals surface area (Å²) in [6.45, 7) is 14.7. The van der Waals surface area contributed by atoms with Gasteiger partial charge in [-0.3, -0.25) is 27.3 Å². The SMILES string of the molecule is CC(C)C[C@]12CO[C@@H](C1OP(=O)(O)C[C@]13CO[C@@H](C1OP(=O)(O)C[C@]14CO[C@@H](C1OP(=O)(O)C[C@]15CO[C@@H](C1OC(C)C)[C@H](C)O5)[C@H](C)O4)[C@H](C)O3)[C@H](C)O2. The Morgan fingerprint density at radius 1 is 0.527 bits per heavy atom. The quantitative estimate of drug-likeness (QED) is 0.190. The Morgan fingerprint density at radius 2 is 0.818 bits per heavy atom. The third-order valence-electron chi connectivity index (χ3n) is 12.3. The molecule has 316 valence electrons. The van der Waals surface area contributed by atoms with Crippen molar-refractivity contribution in [2.24, 2.45) is 5.92 Å². The molecule has 18 nitrogen and oxygen atoms in total.